The second-order valence-electron chi connectivity index (χ2n) is 6.58. The number of hydrogen-bond acceptors (Lipinski definition) is 0. The fourth-order valence-corrected chi connectivity index (χ4v) is 3.87. The van der Waals surface area contributed by atoms with E-state index < -0.39 is 0 Å². The third kappa shape index (κ3) is 4.79. The summed E-state index contributed by atoms with van der Waals surface area (Å²) in [6, 6.07) is 35.2. The number of rotatable bonds is 4. The van der Waals surface area contributed by atoms with E-state index in [4.69, 9.17) is 0 Å². The van der Waals surface area contributed by atoms with Gasteiger partial charge in [-0.1, -0.05) is 72.8 Å². The maximum atomic E-state index is 2.34. The molecule has 4 aromatic carbocycles. The summed E-state index contributed by atoms with van der Waals surface area (Å²) >= 11 is 4.68. The van der Waals surface area contributed by atoms with Crippen molar-refractivity contribution in [1.82, 2.24) is 0 Å². The smallest absolute Gasteiger partial charge is 0.0130 e. The molecule has 0 aliphatic heterocycles. The topological polar surface area (TPSA) is 0 Å². The van der Waals surface area contributed by atoms with Crippen LogP contribution in [0.2, 0.25) is 0 Å². The van der Waals surface area contributed by atoms with Crippen molar-refractivity contribution in [2.75, 3.05) is 0 Å². The van der Waals surface area contributed by atoms with Crippen LogP contribution in [0, 0.1) is 7.14 Å². The lowest BCUT2D eigenvalue weighted by atomic mass is 9.98. The monoisotopic (exact) mass is 572 g/mol. The maximum absolute atomic E-state index is 2.34. The first kappa shape index (κ1) is 18.7. The average molecular weight is 572 g/mol. The first-order chi connectivity index (χ1) is 13.2. The van der Waals surface area contributed by atoms with Gasteiger partial charge in [0, 0.05) is 7.14 Å². The number of hydrogen-bond donors (Lipinski definition) is 0. The average Bonchev–Trinajstić information content (AvgIpc) is 2.71. The molecule has 0 unspecified atom stereocenters. The van der Waals surface area contributed by atoms with Gasteiger partial charge in [0.05, 0.1) is 0 Å². The van der Waals surface area contributed by atoms with Crippen LogP contribution in [0.4, 0.5) is 0 Å². The minimum atomic E-state index is 0.958. The van der Waals surface area contributed by atoms with Gasteiger partial charge in [-0.25, -0.2) is 0 Å². The molecule has 2 heteroatoms. The lowest BCUT2D eigenvalue weighted by Crippen LogP contribution is -1.89. The summed E-state index contributed by atoms with van der Waals surface area (Å²) in [6.45, 7) is 0. The molecule has 0 N–H and O–H groups in total. The zero-order valence-electron chi connectivity index (χ0n) is 14.7. The highest BCUT2D eigenvalue weighted by Gasteiger charge is 2.02. The zero-order valence-corrected chi connectivity index (χ0v) is 19.0. The van der Waals surface area contributed by atoms with Crippen molar-refractivity contribution in [2.45, 2.75) is 6.42 Å². The molecule has 4 aromatic rings. The summed E-state index contributed by atoms with van der Waals surface area (Å²) in [6.07, 6.45) is 0.958. The first-order valence-electron chi connectivity index (χ1n) is 8.87. The highest BCUT2D eigenvalue weighted by atomic mass is 127. The van der Waals surface area contributed by atoms with Gasteiger partial charge in [-0.3, -0.25) is 0 Å². The van der Waals surface area contributed by atoms with Crippen LogP contribution in [-0.2, 0) is 6.42 Å². The molecule has 0 nitrogen and oxygen atoms in total. The predicted octanol–water partition coefficient (Wildman–Crippen LogP) is 7.82. The van der Waals surface area contributed by atoms with E-state index in [1.54, 1.807) is 0 Å². The maximum Gasteiger partial charge on any atom is 0.0130 e. The Bertz CT molecular complexity index is 927. The van der Waals surface area contributed by atoms with E-state index in [0.29, 0.717) is 0 Å². The predicted molar refractivity (Wildman–Crippen MR) is 132 cm³/mol. The molecule has 0 radical (unpaired) electrons. The largest absolute Gasteiger partial charge is 0.0581 e. The summed E-state index contributed by atoms with van der Waals surface area (Å²) in [5.74, 6) is 0. The summed E-state index contributed by atoms with van der Waals surface area (Å²) in [4.78, 5) is 0. The molecule has 0 aliphatic carbocycles. The first-order valence-corrected chi connectivity index (χ1v) is 11.0. The van der Waals surface area contributed by atoms with Crippen LogP contribution in [-0.4, -0.2) is 0 Å². The van der Waals surface area contributed by atoms with Gasteiger partial charge in [0.1, 0.15) is 0 Å². The fourth-order valence-electron chi connectivity index (χ4n) is 3.15. The molecule has 0 aliphatic rings. The van der Waals surface area contributed by atoms with Gasteiger partial charge in [0.15, 0.2) is 0 Å². The minimum absolute atomic E-state index is 0.958. The summed E-state index contributed by atoms with van der Waals surface area (Å²) < 4.78 is 2.53. The van der Waals surface area contributed by atoms with Crippen LogP contribution in [0.5, 0.6) is 0 Å². The van der Waals surface area contributed by atoms with Crippen molar-refractivity contribution in [3.05, 3.63) is 115 Å². The Morgan fingerprint density at radius 1 is 0.370 bits per heavy atom. The van der Waals surface area contributed by atoms with E-state index in [2.05, 4.69) is 142 Å². The second-order valence-corrected chi connectivity index (χ2v) is 9.08. The molecule has 132 valence electrons. The molecule has 0 aromatic heterocycles. The molecule has 0 amide bonds. The molecule has 0 fully saturated rings. The highest BCUT2D eigenvalue weighted by Crippen LogP contribution is 2.24. The van der Waals surface area contributed by atoms with E-state index >= 15 is 0 Å². The highest BCUT2D eigenvalue weighted by molar-refractivity contribution is 14.1. The molecular formula is C25H18I2. The Hall–Kier alpha value is -1.66. The molecular weight excluding hydrogens is 554 g/mol. The van der Waals surface area contributed by atoms with E-state index in [1.165, 1.54) is 40.5 Å². The Kier molecular flexibility index (Phi) is 5.93. The molecule has 0 atom stereocenters. The van der Waals surface area contributed by atoms with Crippen molar-refractivity contribution in [1.29, 1.82) is 0 Å². The quantitative estimate of drug-likeness (QED) is 0.219. The van der Waals surface area contributed by atoms with Crippen LogP contribution in [0.25, 0.3) is 22.3 Å². The SMILES string of the molecule is Ic1ccc(-c2ccc(Cc3ccc(-c4ccc(I)cc4)cc3)cc2)cc1. The van der Waals surface area contributed by atoms with Crippen molar-refractivity contribution in [3.63, 3.8) is 0 Å². The molecule has 0 saturated heterocycles. The van der Waals surface area contributed by atoms with Crippen LogP contribution in [0.1, 0.15) is 11.1 Å². The van der Waals surface area contributed by atoms with Crippen LogP contribution >= 0.6 is 45.2 Å². The fraction of sp³-hybridized carbons (Fsp3) is 0.0400. The normalized spacial score (nSPS) is 10.7. The van der Waals surface area contributed by atoms with Crippen LogP contribution in [0.15, 0.2) is 97.1 Å². The standard InChI is InChI=1S/C25H18I2/c26-24-13-9-22(10-14-24)20-5-1-18(2-6-20)17-19-3-7-21(8-4-19)23-11-15-25(27)16-12-23/h1-16H,17H2. The Morgan fingerprint density at radius 2 is 0.630 bits per heavy atom. The molecule has 0 spiro atoms. The van der Waals surface area contributed by atoms with Crippen molar-refractivity contribution in [2.24, 2.45) is 0 Å². The van der Waals surface area contributed by atoms with E-state index in [-0.39, 0.29) is 0 Å². The van der Waals surface area contributed by atoms with Gasteiger partial charge in [-0.2, -0.15) is 0 Å². The minimum Gasteiger partial charge on any atom is -0.0581 e. The van der Waals surface area contributed by atoms with Crippen LogP contribution < -0.4 is 0 Å². The Labute approximate surface area is 187 Å². The zero-order chi connectivity index (χ0) is 18.6. The summed E-state index contributed by atoms with van der Waals surface area (Å²) in [5.41, 5.74) is 7.75. The molecule has 4 rings (SSSR count). The van der Waals surface area contributed by atoms with Gasteiger partial charge in [0.25, 0.3) is 0 Å². The lowest BCUT2D eigenvalue weighted by Gasteiger charge is -2.07. The lowest BCUT2D eigenvalue weighted by molar-refractivity contribution is 1.19. The van der Waals surface area contributed by atoms with E-state index in [0.717, 1.165) is 6.42 Å². The Morgan fingerprint density at radius 3 is 0.926 bits per heavy atom. The van der Waals surface area contributed by atoms with Gasteiger partial charge < -0.3 is 0 Å². The molecule has 0 bridgehead atoms. The van der Waals surface area contributed by atoms with Gasteiger partial charge >= 0.3 is 0 Å². The van der Waals surface area contributed by atoms with E-state index in [1.807, 2.05) is 0 Å². The summed E-state index contributed by atoms with van der Waals surface area (Å²) in [7, 11) is 0. The van der Waals surface area contributed by atoms with Crippen LogP contribution in [0.3, 0.4) is 0 Å². The van der Waals surface area contributed by atoms with E-state index in [9.17, 15) is 0 Å². The molecule has 0 heterocycles. The summed E-state index contributed by atoms with van der Waals surface area (Å²) in [5, 5.41) is 0. The number of halogens is 2. The Balaban J connectivity index is 1.47. The second kappa shape index (κ2) is 8.57. The van der Waals surface area contributed by atoms with Gasteiger partial charge in [0.2, 0.25) is 0 Å². The van der Waals surface area contributed by atoms with Gasteiger partial charge in [-0.05, 0) is 109 Å². The van der Waals surface area contributed by atoms with Gasteiger partial charge in [-0.15, -0.1) is 0 Å². The molecule has 27 heavy (non-hydrogen) atoms. The van der Waals surface area contributed by atoms with Crippen molar-refractivity contribution < 1.29 is 0 Å². The van der Waals surface area contributed by atoms with Crippen molar-refractivity contribution in [3.8, 4) is 22.3 Å². The van der Waals surface area contributed by atoms with Crippen molar-refractivity contribution >= 4 is 45.2 Å². The third-order valence-corrected chi connectivity index (χ3v) is 6.11. The third-order valence-electron chi connectivity index (χ3n) is 4.67. The number of benzene rings is 4. The molecule has 0 saturated carbocycles.